The monoisotopic (exact) mass is 747 g/mol. The third kappa shape index (κ3) is 4.44. The second-order valence-corrected chi connectivity index (χ2v) is 16.9. The number of benzene rings is 9. The van der Waals surface area contributed by atoms with Crippen LogP contribution in [-0.2, 0) is 5.41 Å². The minimum atomic E-state index is -0.490. The third-order valence-corrected chi connectivity index (χ3v) is 14.3. The van der Waals surface area contributed by atoms with Crippen LogP contribution >= 0.6 is 23.1 Å². The number of hydrogen-bond acceptors (Lipinski definition) is 3. The van der Waals surface area contributed by atoms with E-state index < -0.39 is 5.41 Å². The second-order valence-electron chi connectivity index (χ2n) is 14.8. The highest BCUT2D eigenvalue weighted by Gasteiger charge is 2.51. The van der Waals surface area contributed by atoms with Crippen molar-refractivity contribution in [3.05, 3.63) is 222 Å². The van der Waals surface area contributed by atoms with Crippen LogP contribution in [0.25, 0.3) is 53.2 Å². The maximum Gasteiger partial charge on any atom is 0.0736 e. The van der Waals surface area contributed by atoms with Crippen LogP contribution < -0.4 is 4.90 Å². The largest absolute Gasteiger partial charge is 0.308 e. The van der Waals surface area contributed by atoms with Crippen LogP contribution in [-0.4, -0.2) is 0 Å². The highest BCUT2D eigenvalue weighted by atomic mass is 32.2. The molecule has 1 aromatic heterocycles. The Bertz CT molecular complexity index is 3130. The number of fused-ring (bicyclic) bond motifs is 14. The van der Waals surface area contributed by atoms with Crippen LogP contribution in [0.2, 0.25) is 0 Å². The molecule has 3 heteroatoms. The summed E-state index contributed by atoms with van der Waals surface area (Å²) < 4.78 is 2.59. The first-order valence-electron chi connectivity index (χ1n) is 19.2. The predicted octanol–water partition coefficient (Wildman–Crippen LogP) is 15.2. The Morgan fingerprint density at radius 3 is 1.77 bits per heavy atom. The molecule has 2 heterocycles. The smallest absolute Gasteiger partial charge is 0.0736 e. The van der Waals surface area contributed by atoms with Crippen molar-refractivity contribution in [2.45, 2.75) is 15.2 Å². The van der Waals surface area contributed by atoms with Gasteiger partial charge in [0.15, 0.2) is 0 Å². The van der Waals surface area contributed by atoms with E-state index in [1.165, 1.54) is 96.6 Å². The molecule has 1 aliphatic heterocycles. The van der Waals surface area contributed by atoms with Crippen molar-refractivity contribution in [1.29, 1.82) is 0 Å². The number of anilines is 3. The normalized spacial score (nSPS) is 13.4. The van der Waals surface area contributed by atoms with Gasteiger partial charge >= 0.3 is 0 Å². The zero-order valence-electron chi connectivity index (χ0n) is 30.3. The van der Waals surface area contributed by atoms with E-state index in [9.17, 15) is 0 Å². The zero-order valence-corrected chi connectivity index (χ0v) is 31.9. The number of hydrogen-bond donors (Lipinski definition) is 0. The van der Waals surface area contributed by atoms with Crippen LogP contribution in [0.4, 0.5) is 17.1 Å². The molecule has 0 amide bonds. The lowest BCUT2D eigenvalue weighted by molar-refractivity contribution is 0.723. The second kappa shape index (κ2) is 12.3. The SMILES string of the molecule is c1ccc(-c2ccc(N(c3cccc4c3-c3c(ccc5ccccc35)C43c4ccccc4Sc4ccccc43)c3cccc4c3sc3ccccc34)cc2)cc1. The molecular formula is C53H33NS2. The maximum absolute atomic E-state index is 2.55. The highest BCUT2D eigenvalue weighted by molar-refractivity contribution is 7.99. The first-order valence-corrected chi connectivity index (χ1v) is 20.8. The van der Waals surface area contributed by atoms with Crippen LogP contribution in [0, 0.1) is 0 Å². The lowest BCUT2D eigenvalue weighted by atomic mass is 9.67. The molecule has 12 rings (SSSR count). The van der Waals surface area contributed by atoms with Gasteiger partial charge in [-0.05, 0) is 92.2 Å². The van der Waals surface area contributed by atoms with Gasteiger partial charge in [0.1, 0.15) is 0 Å². The number of thiophene rings is 1. The molecule has 0 saturated heterocycles. The van der Waals surface area contributed by atoms with Crippen molar-refractivity contribution in [3.8, 4) is 22.3 Å². The van der Waals surface area contributed by atoms with E-state index in [0.29, 0.717) is 0 Å². The van der Waals surface area contributed by atoms with Crippen molar-refractivity contribution in [3.63, 3.8) is 0 Å². The van der Waals surface area contributed by atoms with Gasteiger partial charge in [0, 0.05) is 36.5 Å². The lowest BCUT2D eigenvalue weighted by Gasteiger charge is -2.39. The van der Waals surface area contributed by atoms with Gasteiger partial charge in [-0.1, -0.05) is 169 Å². The summed E-state index contributed by atoms with van der Waals surface area (Å²) >= 11 is 3.78. The standard InChI is InChI=1S/C53H33NS2/c1-2-14-34(15-3-1)35-28-31-37(32-29-35)54(46-24-12-19-40-39-18-6-9-25-47(39)56-52(40)46)45-23-13-22-43-51(45)50-38-17-5-4-16-36(38)30-33-44(50)53(43)41-20-7-10-26-48(41)55-49-27-11-8-21-42(49)53/h1-33H. The summed E-state index contributed by atoms with van der Waals surface area (Å²) in [6.45, 7) is 0. The summed E-state index contributed by atoms with van der Waals surface area (Å²) in [6, 6.07) is 74.5. The molecule has 0 unspecified atom stereocenters. The molecule has 1 spiro atoms. The molecule has 2 aliphatic rings. The summed E-state index contributed by atoms with van der Waals surface area (Å²) in [5, 5.41) is 5.12. The average Bonchev–Trinajstić information content (AvgIpc) is 3.80. The van der Waals surface area contributed by atoms with E-state index in [0.717, 1.165) is 5.69 Å². The van der Waals surface area contributed by atoms with Gasteiger partial charge in [-0.3, -0.25) is 0 Å². The summed E-state index contributed by atoms with van der Waals surface area (Å²) in [6.07, 6.45) is 0. The van der Waals surface area contributed by atoms with Crippen LogP contribution in [0.5, 0.6) is 0 Å². The van der Waals surface area contributed by atoms with E-state index in [2.05, 4.69) is 205 Å². The molecular weight excluding hydrogens is 715 g/mol. The average molecular weight is 748 g/mol. The first kappa shape index (κ1) is 31.9. The maximum atomic E-state index is 2.55. The molecule has 0 bridgehead atoms. The van der Waals surface area contributed by atoms with E-state index in [1.54, 1.807) is 0 Å². The third-order valence-electron chi connectivity index (χ3n) is 11.9. The zero-order chi connectivity index (χ0) is 36.8. The molecule has 262 valence electrons. The Balaban J connectivity index is 1.21. The molecule has 1 nitrogen and oxygen atoms in total. The van der Waals surface area contributed by atoms with Gasteiger partial charge < -0.3 is 4.90 Å². The van der Waals surface area contributed by atoms with Gasteiger partial charge in [-0.15, -0.1) is 11.3 Å². The van der Waals surface area contributed by atoms with Crippen molar-refractivity contribution in [2.75, 3.05) is 4.90 Å². The molecule has 0 N–H and O–H groups in total. The van der Waals surface area contributed by atoms with E-state index in [4.69, 9.17) is 0 Å². The summed E-state index contributed by atoms with van der Waals surface area (Å²) in [7, 11) is 0. The van der Waals surface area contributed by atoms with Crippen molar-refractivity contribution < 1.29 is 0 Å². The fraction of sp³-hybridized carbons (Fsp3) is 0.0189. The molecule has 0 radical (unpaired) electrons. The fourth-order valence-electron chi connectivity index (χ4n) is 9.62. The fourth-order valence-corrected chi connectivity index (χ4v) is 12.0. The molecule has 56 heavy (non-hydrogen) atoms. The molecule has 0 fully saturated rings. The Hall–Kier alpha value is -6.39. The molecule has 10 aromatic rings. The van der Waals surface area contributed by atoms with Gasteiger partial charge in [0.05, 0.1) is 21.5 Å². The van der Waals surface area contributed by atoms with Crippen LogP contribution in [0.1, 0.15) is 22.3 Å². The van der Waals surface area contributed by atoms with Gasteiger partial charge in [-0.25, -0.2) is 0 Å². The van der Waals surface area contributed by atoms with Gasteiger partial charge in [-0.2, -0.15) is 0 Å². The Morgan fingerprint density at radius 1 is 0.375 bits per heavy atom. The van der Waals surface area contributed by atoms with Crippen molar-refractivity contribution in [2.24, 2.45) is 0 Å². The predicted molar refractivity (Wildman–Crippen MR) is 238 cm³/mol. The highest BCUT2D eigenvalue weighted by Crippen LogP contribution is 2.65. The minimum Gasteiger partial charge on any atom is -0.308 e. The Kier molecular flexibility index (Phi) is 7.01. The molecule has 9 aromatic carbocycles. The molecule has 0 atom stereocenters. The lowest BCUT2D eigenvalue weighted by Crippen LogP contribution is -2.32. The quantitative estimate of drug-likeness (QED) is 0.176. The summed E-state index contributed by atoms with van der Waals surface area (Å²) in [4.78, 5) is 5.17. The van der Waals surface area contributed by atoms with Gasteiger partial charge in [0.25, 0.3) is 0 Å². The Labute approximate surface area is 334 Å². The van der Waals surface area contributed by atoms with Crippen molar-refractivity contribution in [1.82, 2.24) is 0 Å². The summed E-state index contributed by atoms with van der Waals surface area (Å²) in [5.74, 6) is 0. The molecule has 0 saturated carbocycles. The summed E-state index contributed by atoms with van der Waals surface area (Å²) in [5.41, 5.74) is 13.4. The van der Waals surface area contributed by atoms with Gasteiger partial charge in [0.2, 0.25) is 0 Å². The number of nitrogens with zero attached hydrogens (tertiary/aromatic N) is 1. The van der Waals surface area contributed by atoms with E-state index in [-0.39, 0.29) is 0 Å². The topological polar surface area (TPSA) is 3.24 Å². The minimum absolute atomic E-state index is 0.490. The van der Waals surface area contributed by atoms with Crippen LogP contribution in [0.15, 0.2) is 210 Å². The van der Waals surface area contributed by atoms with E-state index in [1.807, 2.05) is 23.1 Å². The molecule has 1 aliphatic carbocycles. The van der Waals surface area contributed by atoms with Crippen LogP contribution in [0.3, 0.4) is 0 Å². The Morgan fingerprint density at radius 2 is 0.964 bits per heavy atom. The number of rotatable bonds is 4. The first-order chi connectivity index (χ1) is 27.8. The van der Waals surface area contributed by atoms with Crippen molar-refractivity contribution >= 4 is 71.1 Å². The van der Waals surface area contributed by atoms with E-state index >= 15 is 0 Å².